The number of aliphatic hydroxyl groups is 1. The van der Waals surface area contributed by atoms with E-state index in [1.165, 1.54) is 17.3 Å². The largest absolute Gasteiger partial charge is 0.485 e. The molecule has 2 aliphatic heterocycles. The normalized spacial score (nSPS) is 21.1. The summed E-state index contributed by atoms with van der Waals surface area (Å²) in [5.74, 6) is 1.08. The highest BCUT2D eigenvalue weighted by Gasteiger charge is 2.28. The van der Waals surface area contributed by atoms with E-state index in [4.69, 9.17) is 9.57 Å². The van der Waals surface area contributed by atoms with Gasteiger partial charge in [0.15, 0.2) is 5.75 Å². The molecule has 2 aliphatic rings. The lowest BCUT2D eigenvalue weighted by Gasteiger charge is -2.30. The molecular weight excluding hydrogens is 348 g/mol. The van der Waals surface area contributed by atoms with Crippen LogP contribution in [0.15, 0.2) is 72.6 Å². The number of hydrogen-bond donors (Lipinski definition) is 1. The molecule has 0 bridgehead atoms. The summed E-state index contributed by atoms with van der Waals surface area (Å²) in [7, 11) is 0. The molecule has 7 nitrogen and oxygen atoms in total. The monoisotopic (exact) mass is 366 g/mol. The minimum Gasteiger partial charge on any atom is -0.485 e. The Morgan fingerprint density at radius 3 is 2.81 bits per heavy atom. The molecule has 0 saturated heterocycles. The number of hydroxylamine groups is 2. The first-order valence-corrected chi connectivity index (χ1v) is 8.61. The maximum atomic E-state index is 10.9. The second kappa shape index (κ2) is 7.13. The maximum absolute atomic E-state index is 10.9. The maximum Gasteiger partial charge on any atom is 0.288 e. The van der Waals surface area contributed by atoms with Gasteiger partial charge in [0.2, 0.25) is 0 Å². The molecule has 0 amide bonds. The van der Waals surface area contributed by atoms with E-state index >= 15 is 0 Å². The molecular formula is C20H18N2O5. The summed E-state index contributed by atoms with van der Waals surface area (Å²) in [6, 6.07) is 15.0. The molecule has 27 heavy (non-hydrogen) atoms. The number of nitrogens with zero attached hydrogens (tertiary/aromatic N) is 2. The van der Waals surface area contributed by atoms with Crippen LogP contribution in [0.5, 0.6) is 11.5 Å². The van der Waals surface area contributed by atoms with E-state index in [1.807, 2.05) is 30.3 Å². The van der Waals surface area contributed by atoms with Crippen LogP contribution in [0, 0.1) is 10.1 Å². The van der Waals surface area contributed by atoms with Gasteiger partial charge < -0.3 is 14.7 Å². The molecule has 0 spiro atoms. The Morgan fingerprint density at radius 1 is 1.22 bits per heavy atom. The zero-order valence-electron chi connectivity index (χ0n) is 14.4. The summed E-state index contributed by atoms with van der Waals surface area (Å²) in [4.78, 5) is 16.1. The van der Waals surface area contributed by atoms with E-state index in [-0.39, 0.29) is 11.8 Å². The quantitative estimate of drug-likeness (QED) is 0.658. The van der Waals surface area contributed by atoms with Crippen LogP contribution in [0.1, 0.15) is 29.8 Å². The van der Waals surface area contributed by atoms with Crippen LogP contribution in [0.25, 0.3) is 0 Å². The minimum atomic E-state index is -0.686. The zero-order valence-corrected chi connectivity index (χ0v) is 14.4. The summed E-state index contributed by atoms with van der Waals surface area (Å²) in [6.07, 6.45) is 3.97. The highest BCUT2D eigenvalue weighted by atomic mass is 16.7. The predicted octanol–water partition coefficient (Wildman–Crippen LogP) is 3.53. The number of nitro groups is 1. The smallest absolute Gasteiger partial charge is 0.288 e. The Kier molecular flexibility index (Phi) is 4.52. The third-order valence-electron chi connectivity index (χ3n) is 4.50. The molecule has 2 unspecified atom stereocenters. The SMILES string of the molecule is O=[N+]([O-])C1=CN(Oc2ccc3c(c2)C(O)CC(c2ccccc2)O3)CC=C1. The molecule has 1 N–H and O–H groups in total. The molecule has 7 heteroatoms. The van der Waals surface area contributed by atoms with Gasteiger partial charge in [-0.25, -0.2) is 5.06 Å². The number of benzene rings is 2. The number of hydrogen-bond acceptors (Lipinski definition) is 6. The van der Waals surface area contributed by atoms with Gasteiger partial charge in [0, 0.05) is 18.1 Å². The topological polar surface area (TPSA) is 85.1 Å². The Labute approximate surface area is 155 Å². The molecule has 2 heterocycles. The number of ether oxygens (including phenoxy) is 1. The average Bonchev–Trinajstić information content (AvgIpc) is 2.69. The van der Waals surface area contributed by atoms with E-state index in [9.17, 15) is 15.2 Å². The Morgan fingerprint density at radius 2 is 2.04 bits per heavy atom. The van der Waals surface area contributed by atoms with Crippen LogP contribution in [0.4, 0.5) is 0 Å². The van der Waals surface area contributed by atoms with E-state index in [1.54, 1.807) is 24.3 Å². The van der Waals surface area contributed by atoms with Crippen molar-refractivity contribution in [2.45, 2.75) is 18.6 Å². The van der Waals surface area contributed by atoms with Crippen LogP contribution in [-0.4, -0.2) is 21.6 Å². The van der Waals surface area contributed by atoms with Crippen LogP contribution in [0.2, 0.25) is 0 Å². The lowest BCUT2D eigenvalue weighted by Crippen LogP contribution is -2.25. The van der Waals surface area contributed by atoms with Crippen molar-refractivity contribution < 1.29 is 19.6 Å². The van der Waals surface area contributed by atoms with Crippen molar-refractivity contribution in [1.82, 2.24) is 5.06 Å². The van der Waals surface area contributed by atoms with Gasteiger partial charge in [-0.2, -0.15) is 0 Å². The molecule has 0 saturated carbocycles. The molecule has 2 atom stereocenters. The molecule has 0 aliphatic carbocycles. The highest BCUT2D eigenvalue weighted by Crippen LogP contribution is 2.42. The first-order chi connectivity index (χ1) is 13.1. The van der Waals surface area contributed by atoms with Crippen molar-refractivity contribution in [1.29, 1.82) is 0 Å². The highest BCUT2D eigenvalue weighted by molar-refractivity contribution is 5.43. The average molecular weight is 366 g/mol. The van der Waals surface area contributed by atoms with Crippen LogP contribution in [-0.2, 0) is 0 Å². The van der Waals surface area contributed by atoms with Gasteiger partial charge >= 0.3 is 0 Å². The molecule has 2 aromatic rings. The van der Waals surface area contributed by atoms with Gasteiger partial charge in [0.25, 0.3) is 5.70 Å². The van der Waals surface area contributed by atoms with Gasteiger partial charge in [-0.3, -0.25) is 10.1 Å². The molecule has 0 radical (unpaired) electrons. The first kappa shape index (κ1) is 17.1. The third kappa shape index (κ3) is 3.63. The fourth-order valence-electron chi connectivity index (χ4n) is 3.18. The van der Waals surface area contributed by atoms with Crippen molar-refractivity contribution in [2.75, 3.05) is 6.54 Å². The van der Waals surface area contributed by atoms with E-state index < -0.39 is 11.0 Å². The molecule has 0 fully saturated rings. The van der Waals surface area contributed by atoms with E-state index in [2.05, 4.69) is 0 Å². The van der Waals surface area contributed by atoms with Crippen molar-refractivity contribution in [2.24, 2.45) is 0 Å². The number of aliphatic hydroxyl groups excluding tert-OH is 1. The van der Waals surface area contributed by atoms with Gasteiger partial charge in [-0.15, -0.1) is 0 Å². The fraction of sp³-hybridized carbons (Fsp3) is 0.200. The second-order valence-corrected chi connectivity index (χ2v) is 6.37. The Balaban J connectivity index is 1.52. The zero-order chi connectivity index (χ0) is 18.8. The fourth-order valence-corrected chi connectivity index (χ4v) is 3.18. The van der Waals surface area contributed by atoms with Gasteiger partial charge in [-0.1, -0.05) is 36.4 Å². The third-order valence-corrected chi connectivity index (χ3v) is 4.50. The summed E-state index contributed by atoms with van der Waals surface area (Å²) in [5.41, 5.74) is 1.61. The van der Waals surface area contributed by atoms with Gasteiger partial charge in [-0.05, 0) is 23.8 Å². The summed E-state index contributed by atoms with van der Waals surface area (Å²) in [5, 5.41) is 22.8. The van der Waals surface area contributed by atoms with Gasteiger partial charge in [0.1, 0.15) is 18.1 Å². The summed E-state index contributed by atoms with van der Waals surface area (Å²) >= 11 is 0. The van der Waals surface area contributed by atoms with Crippen LogP contribution in [0.3, 0.4) is 0 Å². The number of rotatable bonds is 4. The van der Waals surface area contributed by atoms with Crippen molar-refractivity contribution in [3.05, 3.63) is 93.8 Å². The van der Waals surface area contributed by atoms with Crippen LogP contribution >= 0.6 is 0 Å². The first-order valence-electron chi connectivity index (χ1n) is 8.61. The summed E-state index contributed by atoms with van der Waals surface area (Å²) < 4.78 is 6.04. The molecule has 138 valence electrons. The van der Waals surface area contributed by atoms with Crippen molar-refractivity contribution in [3.8, 4) is 11.5 Å². The number of fused-ring (bicyclic) bond motifs is 1. The lowest BCUT2D eigenvalue weighted by molar-refractivity contribution is -0.421. The van der Waals surface area contributed by atoms with E-state index in [0.717, 1.165) is 5.56 Å². The minimum absolute atomic E-state index is 0.0479. The molecule has 2 aromatic carbocycles. The van der Waals surface area contributed by atoms with Crippen molar-refractivity contribution >= 4 is 0 Å². The standard InChI is InChI=1S/C20H18N2O5/c23-18-12-20(14-5-2-1-3-6-14)26-19-9-8-16(11-17(18)19)27-21-10-4-7-15(13-21)22(24)25/h1-9,11,13,18,20,23H,10,12H2. The van der Waals surface area contributed by atoms with Gasteiger partial charge in [0.05, 0.1) is 17.6 Å². The predicted molar refractivity (Wildman–Crippen MR) is 97.4 cm³/mol. The van der Waals surface area contributed by atoms with E-state index in [0.29, 0.717) is 30.0 Å². The Bertz CT molecular complexity index is 910. The van der Waals surface area contributed by atoms with Crippen molar-refractivity contribution in [3.63, 3.8) is 0 Å². The number of allylic oxidation sites excluding steroid dienone is 1. The molecule has 0 aromatic heterocycles. The molecule has 4 rings (SSSR count). The Hall–Kier alpha value is -3.32. The summed E-state index contributed by atoms with van der Waals surface area (Å²) in [6.45, 7) is 0.392. The van der Waals surface area contributed by atoms with Crippen LogP contribution < -0.4 is 9.57 Å². The lowest BCUT2D eigenvalue weighted by atomic mass is 9.95. The second-order valence-electron chi connectivity index (χ2n) is 6.37.